The van der Waals surface area contributed by atoms with E-state index in [4.69, 9.17) is 9.73 Å². The van der Waals surface area contributed by atoms with Gasteiger partial charge < -0.3 is 4.74 Å². The molecule has 4 rings (SSSR count). The highest BCUT2D eigenvalue weighted by molar-refractivity contribution is 9.11. The van der Waals surface area contributed by atoms with E-state index in [2.05, 4.69) is 31.3 Å². The molecule has 8 nitrogen and oxygen atoms in total. The SMILES string of the molecule is CSc1ncc(CN(C(=O)OC(C)(C)C)C2=CC(c3ccccc3)=NC3=C(Br)CNN23)cn1. The summed E-state index contributed by atoms with van der Waals surface area (Å²) in [5.41, 5.74) is 5.12. The van der Waals surface area contributed by atoms with Crippen LogP contribution >= 0.6 is 27.7 Å². The van der Waals surface area contributed by atoms with Crippen LogP contribution in [-0.2, 0) is 11.3 Å². The molecule has 1 amide bonds. The Balaban J connectivity index is 1.77. The predicted octanol–water partition coefficient (Wildman–Crippen LogP) is 4.66. The van der Waals surface area contributed by atoms with Crippen molar-refractivity contribution in [3.8, 4) is 0 Å². The van der Waals surface area contributed by atoms with Gasteiger partial charge in [0.1, 0.15) is 11.4 Å². The highest BCUT2D eigenvalue weighted by Crippen LogP contribution is 2.32. The fourth-order valence-electron chi connectivity index (χ4n) is 3.28. The van der Waals surface area contributed by atoms with Crippen molar-refractivity contribution in [2.75, 3.05) is 12.8 Å². The number of aliphatic imine (C=N–C) groups is 1. The van der Waals surface area contributed by atoms with Gasteiger partial charge in [-0.3, -0.25) is 4.90 Å². The number of rotatable bonds is 5. The van der Waals surface area contributed by atoms with Crippen molar-refractivity contribution in [1.29, 1.82) is 0 Å². The number of fused-ring (bicyclic) bond motifs is 1. The molecule has 3 heterocycles. The van der Waals surface area contributed by atoms with Crippen LogP contribution in [0.2, 0.25) is 0 Å². The number of carbonyl (C=O) groups is 1. The third kappa shape index (κ3) is 5.45. The predicted molar refractivity (Wildman–Crippen MR) is 132 cm³/mol. The molecule has 33 heavy (non-hydrogen) atoms. The summed E-state index contributed by atoms with van der Waals surface area (Å²) in [6.45, 7) is 6.34. The van der Waals surface area contributed by atoms with Crippen LogP contribution in [0.5, 0.6) is 0 Å². The summed E-state index contributed by atoms with van der Waals surface area (Å²) in [4.78, 5) is 28.5. The quantitative estimate of drug-likeness (QED) is 0.446. The van der Waals surface area contributed by atoms with E-state index in [1.165, 1.54) is 11.8 Å². The van der Waals surface area contributed by atoms with Crippen molar-refractivity contribution in [2.45, 2.75) is 38.1 Å². The summed E-state index contributed by atoms with van der Waals surface area (Å²) in [6, 6.07) is 9.87. The summed E-state index contributed by atoms with van der Waals surface area (Å²) < 4.78 is 6.67. The number of amides is 1. The molecule has 1 aromatic heterocycles. The fourth-order valence-corrected chi connectivity index (χ4v) is 3.99. The largest absolute Gasteiger partial charge is 0.443 e. The standard InChI is InChI=1S/C23H25BrN6O2S/c1-23(2,3)32-22(31)29(14-15-11-25-21(33-4)26-12-15)19-10-18(16-8-6-5-7-9-16)28-20-17(24)13-27-30(19)20/h5-12,27H,13-14H2,1-4H3. The molecule has 0 aliphatic carbocycles. The number of nitrogens with one attached hydrogen (secondary N) is 1. The molecule has 0 spiro atoms. The molecule has 2 aliphatic heterocycles. The molecule has 1 N–H and O–H groups in total. The third-order valence-electron chi connectivity index (χ3n) is 4.73. The first-order valence-corrected chi connectivity index (χ1v) is 12.4. The van der Waals surface area contributed by atoms with Gasteiger partial charge in [-0.05, 0) is 27.0 Å². The minimum atomic E-state index is -0.655. The second kappa shape index (κ2) is 9.66. The zero-order valence-electron chi connectivity index (χ0n) is 18.9. The number of halogens is 1. The highest BCUT2D eigenvalue weighted by Gasteiger charge is 2.35. The number of thioether (sulfide) groups is 1. The maximum atomic E-state index is 13.4. The van der Waals surface area contributed by atoms with Gasteiger partial charge in [0.05, 0.1) is 23.3 Å². The van der Waals surface area contributed by atoms with E-state index in [1.807, 2.05) is 63.4 Å². The van der Waals surface area contributed by atoms with E-state index in [9.17, 15) is 4.79 Å². The van der Waals surface area contributed by atoms with E-state index < -0.39 is 11.7 Å². The molecule has 2 aromatic rings. The van der Waals surface area contributed by atoms with Crippen molar-refractivity contribution in [3.63, 3.8) is 0 Å². The number of ether oxygens (including phenoxy) is 1. The Morgan fingerprint density at radius 2 is 1.94 bits per heavy atom. The van der Waals surface area contributed by atoms with Crippen LogP contribution < -0.4 is 5.43 Å². The Morgan fingerprint density at radius 1 is 1.24 bits per heavy atom. The summed E-state index contributed by atoms with van der Waals surface area (Å²) >= 11 is 5.07. The maximum Gasteiger partial charge on any atom is 0.416 e. The second-order valence-electron chi connectivity index (χ2n) is 8.41. The first kappa shape index (κ1) is 23.5. The molecule has 0 saturated carbocycles. The van der Waals surface area contributed by atoms with E-state index in [1.54, 1.807) is 22.3 Å². The minimum Gasteiger partial charge on any atom is -0.443 e. The summed E-state index contributed by atoms with van der Waals surface area (Å²) in [6.07, 6.45) is 6.80. The first-order valence-electron chi connectivity index (χ1n) is 10.4. The van der Waals surface area contributed by atoms with Crippen molar-refractivity contribution in [1.82, 2.24) is 25.3 Å². The van der Waals surface area contributed by atoms with Crippen molar-refractivity contribution >= 4 is 39.5 Å². The molecule has 0 unspecified atom stereocenters. The van der Waals surface area contributed by atoms with Crippen molar-refractivity contribution in [3.05, 3.63) is 76.1 Å². The zero-order chi connectivity index (χ0) is 23.6. The van der Waals surface area contributed by atoms with Gasteiger partial charge in [0.2, 0.25) is 0 Å². The molecule has 172 valence electrons. The number of allylic oxidation sites excluding steroid dienone is 1. The molecule has 0 fully saturated rings. The van der Waals surface area contributed by atoms with Gasteiger partial charge in [-0.15, -0.1) is 0 Å². The van der Waals surface area contributed by atoms with Crippen molar-refractivity contribution < 1.29 is 9.53 Å². The fraction of sp³-hybridized carbons (Fsp3) is 0.304. The lowest BCUT2D eigenvalue weighted by Crippen LogP contribution is -2.45. The molecule has 0 saturated heterocycles. The van der Waals surface area contributed by atoms with Crippen LogP contribution in [0.3, 0.4) is 0 Å². The lowest BCUT2D eigenvalue weighted by Gasteiger charge is -2.35. The molecular formula is C23H25BrN6O2S. The van der Waals surface area contributed by atoms with Gasteiger partial charge in [0, 0.05) is 29.6 Å². The van der Waals surface area contributed by atoms with Gasteiger partial charge in [-0.25, -0.2) is 30.2 Å². The summed E-state index contributed by atoms with van der Waals surface area (Å²) in [5, 5.41) is 2.48. The van der Waals surface area contributed by atoms with Crippen molar-refractivity contribution in [2.24, 2.45) is 4.99 Å². The third-order valence-corrected chi connectivity index (χ3v) is 5.94. The number of aromatic nitrogens is 2. The van der Waals surface area contributed by atoms with E-state index >= 15 is 0 Å². The summed E-state index contributed by atoms with van der Waals surface area (Å²) in [7, 11) is 0. The summed E-state index contributed by atoms with van der Waals surface area (Å²) in [5.74, 6) is 1.31. The molecule has 10 heteroatoms. The first-order chi connectivity index (χ1) is 15.7. The number of hydrogen-bond acceptors (Lipinski definition) is 8. The number of hydrazine groups is 1. The smallest absolute Gasteiger partial charge is 0.416 e. The molecule has 0 atom stereocenters. The van der Waals surface area contributed by atoms with Gasteiger partial charge in [0.25, 0.3) is 0 Å². The van der Waals surface area contributed by atoms with E-state index in [0.717, 1.165) is 21.3 Å². The molecule has 2 aliphatic rings. The Bertz CT molecular complexity index is 1130. The van der Waals surface area contributed by atoms with Gasteiger partial charge in [0.15, 0.2) is 11.0 Å². The number of carbonyl (C=O) groups excluding carboxylic acids is 1. The normalized spacial score (nSPS) is 15.7. The number of nitrogens with zero attached hydrogens (tertiary/aromatic N) is 5. The Morgan fingerprint density at radius 3 is 2.58 bits per heavy atom. The monoisotopic (exact) mass is 528 g/mol. The van der Waals surface area contributed by atoms with Crippen LogP contribution in [-0.4, -0.2) is 50.1 Å². The lowest BCUT2D eigenvalue weighted by atomic mass is 10.1. The van der Waals surface area contributed by atoms with Crippen LogP contribution in [0, 0.1) is 0 Å². The Labute approximate surface area is 205 Å². The van der Waals surface area contributed by atoms with E-state index in [0.29, 0.717) is 23.3 Å². The average Bonchev–Trinajstić information content (AvgIpc) is 3.17. The molecule has 1 aromatic carbocycles. The Hall–Kier alpha value is -2.69. The van der Waals surface area contributed by atoms with Gasteiger partial charge in [-0.1, -0.05) is 58.0 Å². The second-order valence-corrected chi connectivity index (χ2v) is 10.1. The Kier molecular flexibility index (Phi) is 6.87. The minimum absolute atomic E-state index is 0.237. The van der Waals surface area contributed by atoms with Crippen LogP contribution in [0.4, 0.5) is 4.79 Å². The van der Waals surface area contributed by atoms with Gasteiger partial charge >= 0.3 is 6.09 Å². The zero-order valence-corrected chi connectivity index (χ0v) is 21.3. The molecular weight excluding hydrogens is 504 g/mol. The molecule has 0 radical (unpaired) electrons. The number of benzene rings is 1. The van der Waals surface area contributed by atoms with E-state index in [-0.39, 0.29) is 6.54 Å². The van der Waals surface area contributed by atoms with Crippen LogP contribution in [0.25, 0.3) is 0 Å². The number of hydrogen-bond donors (Lipinski definition) is 1. The van der Waals surface area contributed by atoms with Crippen LogP contribution in [0.1, 0.15) is 31.9 Å². The topological polar surface area (TPSA) is 83.0 Å². The maximum absolute atomic E-state index is 13.4. The lowest BCUT2D eigenvalue weighted by molar-refractivity contribution is 0.0234. The highest BCUT2D eigenvalue weighted by atomic mass is 79.9. The average molecular weight is 529 g/mol. The van der Waals surface area contributed by atoms with Gasteiger partial charge in [-0.2, -0.15) is 0 Å². The van der Waals surface area contributed by atoms with Crippen LogP contribution in [0.15, 0.2) is 75.1 Å². The molecule has 0 bridgehead atoms.